The average Bonchev–Trinajstić information content (AvgIpc) is 2.57. The SMILES string of the molecule is CC(=O)SC1CC(=O)N(c2c(C)cc(C)cc2C)C1. The first kappa shape index (κ1) is 14.1. The molecular formula is C15H19NO2S. The first-order valence-electron chi connectivity index (χ1n) is 6.44. The van der Waals surface area contributed by atoms with Crippen molar-refractivity contribution < 1.29 is 9.59 Å². The van der Waals surface area contributed by atoms with Crippen LogP contribution < -0.4 is 4.90 Å². The summed E-state index contributed by atoms with van der Waals surface area (Å²) in [6.45, 7) is 8.32. The van der Waals surface area contributed by atoms with E-state index in [4.69, 9.17) is 0 Å². The summed E-state index contributed by atoms with van der Waals surface area (Å²) in [6, 6.07) is 4.20. The third-order valence-corrected chi connectivity index (χ3v) is 4.31. The summed E-state index contributed by atoms with van der Waals surface area (Å²) < 4.78 is 0. The van der Waals surface area contributed by atoms with E-state index < -0.39 is 0 Å². The Labute approximate surface area is 118 Å². The fourth-order valence-corrected chi connectivity index (χ4v) is 3.72. The van der Waals surface area contributed by atoms with Gasteiger partial charge in [-0.05, 0) is 31.9 Å². The molecule has 3 nitrogen and oxygen atoms in total. The van der Waals surface area contributed by atoms with E-state index in [1.54, 1.807) is 6.92 Å². The Morgan fingerprint density at radius 2 is 1.84 bits per heavy atom. The van der Waals surface area contributed by atoms with Gasteiger partial charge < -0.3 is 4.90 Å². The van der Waals surface area contributed by atoms with Gasteiger partial charge in [-0.2, -0.15) is 0 Å². The lowest BCUT2D eigenvalue weighted by molar-refractivity contribution is -0.117. The van der Waals surface area contributed by atoms with Crippen molar-refractivity contribution in [2.45, 2.75) is 39.4 Å². The molecular weight excluding hydrogens is 258 g/mol. The zero-order valence-corrected chi connectivity index (χ0v) is 12.6. The van der Waals surface area contributed by atoms with Crippen molar-refractivity contribution >= 4 is 28.5 Å². The van der Waals surface area contributed by atoms with Crippen LogP contribution in [0.1, 0.15) is 30.0 Å². The third kappa shape index (κ3) is 3.00. The van der Waals surface area contributed by atoms with Gasteiger partial charge in [0.25, 0.3) is 0 Å². The van der Waals surface area contributed by atoms with E-state index >= 15 is 0 Å². The van der Waals surface area contributed by atoms with Crippen LogP contribution in [0.15, 0.2) is 12.1 Å². The van der Waals surface area contributed by atoms with Crippen molar-refractivity contribution in [2.75, 3.05) is 11.4 Å². The fourth-order valence-electron chi connectivity index (χ4n) is 2.80. The Morgan fingerprint density at radius 3 is 2.37 bits per heavy atom. The lowest BCUT2D eigenvalue weighted by Gasteiger charge is -2.22. The van der Waals surface area contributed by atoms with Crippen LogP contribution >= 0.6 is 11.8 Å². The molecule has 0 spiro atoms. The smallest absolute Gasteiger partial charge is 0.228 e. The van der Waals surface area contributed by atoms with E-state index in [0.717, 1.165) is 16.8 Å². The lowest BCUT2D eigenvalue weighted by atomic mass is 10.0. The van der Waals surface area contributed by atoms with Gasteiger partial charge >= 0.3 is 0 Å². The maximum Gasteiger partial charge on any atom is 0.228 e. The summed E-state index contributed by atoms with van der Waals surface area (Å²) in [7, 11) is 0. The molecule has 0 aromatic heterocycles. The van der Waals surface area contributed by atoms with Crippen molar-refractivity contribution in [3.05, 3.63) is 28.8 Å². The van der Waals surface area contributed by atoms with Crippen LogP contribution in [-0.4, -0.2) is 22.8 Å². The van der Waals surface area contributed by atoms with Crippen molar-refractivity contribution in [3.63, 3.8) is 0 Å². The number of nitrogens with zero attached hydrogens (tertiary/aromatic N) is 1. The third-order valence-electron chi connectivity index (χ3n) is 3.33. The molecule has 1 aromatic carbocycles. The molecule has 1 atom stereocenters. The maximum absolute atomic E-state index is 12.2. The summed E-state index contributed by atoms with van der Waals surface area (Å²) in [5.41, 5.74) is 4.47. The number of benzene rings is 1. The zero-order chi connectivity index (χ0) is 14.2. The minimum atomic E-state index is 0.0806. The molecule has 1 aromatic rings. The average molecular weight is 277 g/mol. The molecule has 1 aliphatic rings. The van der Waals surface area contributed by atoms with Gasteiger partial charge in [0.15, 0.2) is 5.12 Å². The van der Waals surface area contributed by atoms with Crippen LogP contribution in [0.2, 0.25) is 0 Å². The van der Waals surface area contributed by atoms with Crippen molar-refractivity contribution in [1.82, 2.24) is 0 Å². The number of anilines is 1. The number of thioether (sulfide) groups is 1. The van der Waals surface area contributed by atoms with Gasteiger partial charge in [-0.25, -0.2) is 0 Å². The quantitative estimate of drug-likeness (QED) is 0.834. The zero-order valence-electron chi connectivity index (χ0n) is 11.8. The highest BCUT2D eigenvalue weighted by Gasteiger charge is 2.33. The van der Waals surface area contributed by atoms with Crippen molar-refractivity contribution in [2.24, 2.45) is 0 Å². The largest absolute Gasteiger partial charge is 0.311 e. The van der Waals surface area contributed by atoms with E-state index in [0.29, 0.717) is 13.0 Å². The lowest BCUT2D eigenvalue weighted by Crippen LogP contribution is -2.26. The van der Waals surface area contributed by atoms with Gasteiger partial charge in [-0.3, -0.25) is 9.59 Å². The molecule has 1 fully saturated rings. The Hall–Kier alpha value is -1.29. The van der Waals surface area contributed by atoms with Gasteiger partial charge in [0.1, 0.15) is 0 Å². The molecule has 1 amide bonds. The highest BCUT2D eigenvalue weighted by molar-refractivity contribution is 8.14. The first-order valence-corrected chi connectivity index (χ1v) is 7.32. The van der Waals surface area contributed by atoms with Gasteiger partial charge in [0.2, 0.25) is 5.91 Å². The van der Waals surface area contributed by atoms with Gasteiger partial charge in [0.05, 0.1) is 0 Å². The summed E-state index contributed by atoms with van der Waals surface area (Å²) >= 11 is 1.28. The Balaban J connectivity index is 2.28. The molecule has 0 N–H and O–H groups in total. The molecule has 1 aliphatic heterocycles. The van der Waals surface area contributed by atoms with E-state index in [1.165, 1.54) is 17.3 Å². The van der Waals surface area contributed by atoms with Gasteiger partial charge in [0, 0.05) is 30.8 Å². The van der Waals surface area contributed by atoms with Crippen LogP contribution in [0.3, 0.4) is 0 Å². The number of carbonyl (C=O) groups excluding carboxylic acids is 2. The number of hydrogen-bond donors (Lipinski definition) is 0. The fraction of sp³-hybridized carbons (Fsp3) is 0.467. The highest BCUT2D eigenvalue weighted by Crippen LogP contribution is 2.33. The topological polar surface area (TPSA) is 37.4 Å². The maximum atomic E-state index is 12.2. The normalized spacial score (nSPS) is 19.1. The molecule has 0 radical (unpaired) electrons. The molecule has 1 saturated heterocycles. The molecule has 0 aliphatic carbocycles. The second-order valence-corrected chi connectivity index (χ2v) is 6.66. The summed E-state index contributed by atoms with van der Waals surface area (Å²) in [6.07, 6.45) is 0.455. The van der Waals surface area contributed by atoms with E-state index in [-0.39, 0.29) is 16.3 Å². The van der Waals surface area contributed by atoms with Crippen LogP contribution in [0, 0.1) is 20.8 Å². The minimum Gasteiger partial charge on any atom is -0.311 e. The molecule has 0 saturated carbocycles. The number of aryl methyl sites for hydroxylation is 3. The van der Waals surface area contributed by atoms with Crippen LogP contribution in [0.5, 0.6) is 0 Å². The van der Waals surface area contributed by atoms with Gasteiger partial charge in [-0.1, -0.05) is 29.5 Å². The Morgan fingerprint density at radius 1 is 1.26 bits per heavy atom. The molecule has 1 heterocycles. The second kappa shape index (κ2) is 5.37. The summed E-state index contributed by atoms with van der Waals surface area (Å²) in [4.78, 5) is 25.2. The number of hydrogen-bond acceptors (Lipinski definition) is 3. The minimum absolute atomic E-state index is 0.0806. The molecule has 0 bridgehead atoms. The monoisotopic (exact) mass is 277 g/mol. The first-order chi connectivity index (χ1) is 8.88. The molecule has 4 heteroatoms. The van der Waals surface area contributed by atoms with Gasteiger partial charge in [-0.15, -0.1) is 0 Å². The Bertz CT molecular complexity index is 516. The molecule has 102 valence electrons. The van der Waals surface area contributed by atoms with Crippen molar-refractivity contribution in [3.8, 4) is 0 Å². The van der Waals surface area contributed by atoms with E-state index in [2.05, 4.69) is 19.1 Å². The van der Waals surface area contributed by atoms with E-state index in [1.807, 2.05) is 18.7 Å². The molecule has 2 rings (SSSR count). The standard InChI is InChI=1S/C15H19NO2S/c1-9-5-10(2)15(11(3)6-9)16-8-13(7-14(16)18)19-12(4)17/h5-6,13H,7-8H2,1-4H3. The molecule has 1 unspecified atom stereocenters. The van der Waals surface area contributed by atoms with Crippen LogP contribution in [-0.2, 0) is 9.59 Å². The predicted octanol–water partition coefficient (Wildman–Crippen LogP) is 3.00. The summed E-state index contributed by atoms with van der Waals surface area (Å²) in [5.74, 6) is 0.119. The van der Waals surface area contributed by atoms with E-state index in [9.17, 15) is 9.59 Å². The van der Waals surface area contributed by atoms with Crippen LogP contribution in [0.4, 0.5) is 5.69 Å². The second-order valence-electron chi connectivity index (χ2n) is 5.19. The van der Waals surface area contributed by atoms with Crippen LogP contribution in [0.25, 0.3) is 0 Å². The predicted molar refractivity (Wildman–Crippen MR) is 79.7 cm³/mol. The number of amides is 1. The number of carbonyl (C=O) groups is 2. The Kier molecular flexibility index (Phi) is 3.99. The highest BCUT2D eigenvalue weighted by atomic mass is 32.2. The summed E-state index contributed by atoms with van der Waals surface area (Å²) in [5, 5.41) is 0.169. The number of rotatable bonds is 2. The van der Waals surface area contributed by atoms with Crippen molar-refractivity contribution in [1.29, 1.82) is 0 Å². The molecule has 19 heavy (non-hydrogen) atoms.